The number of benzene rings is 1. The van der Waals surface area contributed by atoms with Gasteiger partial charge in [-0.05, 0) is 26.8 Å². The van der Waals surface area contributed by atoms with E-state index in [4.69, 9.17) is 11.6 Å². The van der Waals surface area contributed by atoms with E-state index in [1.165, 1.54) is 0 Å². The van der Waals surface area contributed by atoms with E-state index in [1.54, 1.807) is 6.20 Å². The van der Waals surface area contributed by atoms with E-state index in [-0.39, 0.29) is 11.4 Å². The number of amides is 1. The lowest BCUT2D eigenvalue weighted by Crippen LogP contribution is -2.42. The van der Waals surface area contributed by atoms with Gasteiger partial charge in [0, 0.05) is 22.7 Å². The molecule has 2 rings (SSSR count). The molecule has 1 aromatic carbocycles. The standard InChI is InChI=1S/C15H17ClN2O/c1-15(2,3)18-14(19)12(16)11-8-4-6-10-7-5-9-17-13(10)11/h4-9,12H,1-3H3,(H,18,19). The maximum atomic E-state index is 12.1. The van der Waals surface area contributed by atoms with Gasteiger partial charge in [0.05, 0.1) is 5.52 Å². The van der Waals surface area contributed by atoms with Crippen molar-refractivity contribution in [2.24, 2.45) is 0 Å². The molecule has 4 heteroatoms. The van der Waals surface area contributed by atoms with E-state index < -0.39 is 5.38 Å². The van der Waals surface area contributed by atoms with E-state index >= 15 is 0 Å². The first kappa shape index (κ1) is 13.8. The monoisotopic (exact) mass is 276 g/mol. The topological polar surface area (TPSA) is 42.0 Å². The van der Waals surface area contributed by atoms with E-state index in [0.717, 1.165) is 16.5 Å². The van der Waals surface area contributed by atoms with Crippen LogP contribution >= 0.6 is 11.6 Å². The number of rotatable bonds is 2. The molecule has 0 fully saturated rings. The van der Waals surface area contributed by atoms with Gasteiger partial charge < -0.3 is 5.32 Å². The second-order valence-corrected chi connectivity index (χ2v) is 5.96. The zero-order chi connectivity index (χ0) is 14.0. The Balaban J connectivity index is 2.36. The fraction of sp³-hybridized carbons (Fsp3) is 0.333. The van der Waals surface area contributed by atoms with Gasteiger partial charge in [0.2, 0.25) is 5.91 Å². The van der Waals surface area contributed by atoms with Gasteiger partial charge in [0.25, 0.3) is 0 Å². The Bertz CT molecular complexity index is 599. The number of nitrogens with zero attached hydrogens (tertiary/aromatic N) is 1. The molecule has 0 aliphatic heterocycles. The molecular formula is C15H17ClN2O. The van der Waals surface area contributed by atoms with Gasteiger partial charge in [-0.3, -0.25) is 9.78 Å². The van der Waals surface area contributed by atoms with Crippen LogP contribution < -0.4 is 5.32 Å². The SMILES string of the molecule is CC(C)(C)NC(=O)C(Cl)c1cccc2cccnc12. The number of alkyl halides is 1. The molecule has 1 N–H and O–H groups in total. The number of nitrogens with one attached hydrogen (secondary N) is 1. The van der Waals surface area contributed by atoms with Crippen LogP contribution in [0.25, 0.3) is 10.9 Å². The Kier molecular flexibility index (Phi) is 3.76. The number of para-hydroxylation sites is 1. The molecule has 0 saturated carbocycles. The molecule has 0 saturated heterocycles. The third-order valence-electron chi connectivity index (χ3n) is 2.67. The Hall–Kier alpha value is -1.61. The fourth-order valence-electron chi connectivity index (χ4n) is 1.91. The third kappa shape index (κ3) is 3.24. The zero-order valence-electron chi connectivity index (χ0n) is 11.3. The van der Waals surface area contributed by atoms with Crippen molar-refractivity contribution in [1.82, 2.24) is 10.3 Å². The molecule has 2 aromatic rings. The Morgan fingerprint density at radius 3 is 2.63 bits per heavy atom. The Morgan fingerprint density at radius 2 is 1.95 bits per heavy atom. The van der Waals surface area contributed by atoms with Gasteiger partial charge in [0.1, 0.15) is 5.38 Å². The largest absolute Gasteiger partial charge is 0.350 e. The minimum Gasteiger partial charge on any atom is -0.350 e. The summed E-state index contributed by atoms with van der Waals surface area (Å²) in [4.78, 5) is 16.4. The van der Waals surface area contributed by atoms with Gasteiger partial charge in [0.15, 0.2) is 0 Å². The number of halogens is 1. The molecule has 0 bridgehead atoms. The predicted octanol–water partition coefficient (Wildman–Crippen LogP) is 3.43. The molecule has 0 aliphatic carbocycles. The molecule has 19 heavy (non-hydrogen) atoms. The fourth-order valence-corrected chi connectivity index (χ4v) is 2.14. The summed E-state index contributed by atoms with van der Waals surface area (Å²) in [5, 5.41) is 3.13. The summed E-state index contributed by atoms with van der Waals surface area (Å²) in [6.45, 7) is 5.78. The van der Waals surface area contributed by atoms with Crippen molar-refractivity contribution in [3.63, 3.8) is 0 Å². The van der Waals surface area contributed by atoms with Crippen LogP contribution in [-0.4, -0.2) is 16.4 Å². The molecule has 1 amide bonds. The first-order chi connectivity index (χ1) is 8.88. The maximum absolute atomic E-state index is 12.1. The summed E-state index contributed by atoms with van der Waals surface area (Å²) >= 11 is 6.29. The highest BCUT2D eigenvalue weighted by Crippen LogP contribution is 2.27. The van der Waals surface area contributed by atoms with E-state index in [2.05, 4.69) is 10.3 Å². The van der Waals surface area contributed by atoms with Crippen LogP contribution in [0.15, 0.2) is 36.5 Å². The van der Waals surface area contributed by atoms with Crippen LogP contribution in [0.5, 0.6) is 0 Å². The van der Waals surface area contributed by atoms with Crippen LogP contribution in [-0.2, 0) is 4.79 Å². The molecule has 0 aliphatic rings. The second kappa shape index (κ2) is 5.17. The normalized spacial score (nSPS) is 13.3. The minimum absolute atomic E-state index is 0.202. The average molecular weight is 277 g/mol. The minimum atomic E-state index is -0.738. The molecule has 0 spiro atoms. The number of carbonyl (C=O) groups excluding carboxylic acids is 1. The van der Waals surface area contributed by atoms with Crippen molar-refractivity contribution >= 4 is 28.4 Å². The number of aromatic nitrogens is 1. The summed E-state index contributed by atoms with van der Waals surface area (Å²) < 4.78 is 0. The number of carbonyl (C=O) groups is 1. The average Bonchev–Trinajstić information content (AvgIpc) is 2.35. The molecule has 1 atom stereocenters. The number of hydrogen-bond donors (Lipinski definition) is 1. The highest BCUT2D eigenvalue weighted by molar-refractivity contribution is 6.31. The van der Waals surface area contributed by atoms with Crippen molar-refractivity contribution in [3.8, 4) is 0 Å². The predicted molar refractivity (Wildman–Crippen MR) is 78.2 cm³/mol. The van der Waals surface area contributed by atoms with Crippen LogP contribution in [0, 0.1) is 0 Å². The van der Waals surface area contributed by atoms with Gasteiger partial charge in [-0.25, -0.2) is 0 Å². The smallest absolute Gasteiger partial charge is 0.243 e. The summed E-state index contributed by atoms with van der Waals surface area (Å²) in [6.07, 6.45) is 1.71. The highest BCUT2D eigenvalue weighted by atomic mass is 35.5. The molecule has 100 valence electrons. The lowest BCUT2D eigenvalue weighted by molar-refractivity contribution is -0.122. The summed E-state index contributed by atoms with van der Waals surface area (Å²) in [5.74, 6) is -0.202. The lowest BCUT2D eigenvalue weighted by atomic mass is 10.0. The zero-order valence-corrected chi connectivity index (χ0v) is 12.0. The molecule has 1 aromatic heterocycles. The summed E-state index contributed by atoms with van der Waals surface area (Å²) in [6, 6.07) is 9.51. The highest BCUT2D eigenvalue weighted by Gasteiger charge is 2.24. The van der Waals surface area contributed by atoms with E-state index in [1.807, 2.05) is 51.1 Å². The lowest BCUT2D eigenvalue weighted by Gasteiger charge is -2.22. The first-order valence-electron chi connectivity index (χ1n) is 6.18. The Labute approximate surface area is 118 Å². The third-order valence-corrected chi connectivity index (χ3v) is 3.10. The van der Waals surface area contributed by atoms with Gasteiger partial charge >= 0.3 is 0 Å². The number of pyridine rings is 1. The van der Waals surface area contributed by atoms with E-state index in [0.29, 0.717) is 0 Å². The maximum Gasteiger partial charge on any atom is 0.243 e. The summed E-state index contributed by atoms with van der Waals surface area (Å²) in [7, 11) is 0. The van der Waals surface area contributed by atoms with Crippen LogP contribution in [0.4, 0.5) is 0 Å². The molecular weight excluding hydrogens is 260 g/mol. The van der Waals surface area contributed by atoms with Crippen molar-refractivity contribution in [2.45, 2.75) is 31.7 Å². The molecule has 0 radical (unpaired) electrons. The number of hydrogen-bond acceptors (Lipinski definition) is 2. The van der Waals surface area contributed by atoms with Crippen LogP contribution in [0.1, 0.15) is 31.7 Å². The first-order valence-corrected chi connectivity index (χ1v) is 6.62. The second-order valence-electron chi connectivity index (χ2n) is 5.52. The van der Waals surface area contributed by atoms with Gasteiger partial charge in [-0.1, -0.05) is 24.3 Å². The van der Waals surface area contributed by atoms with Crippen molar-refractivity contribution in [1.29, 1.82) is 0 Å². The number of fused-ring (bicyclic) bond motifs is 1. The Morgan fingerprint density at radius 1 is 1.26 bits per heavy atom. The van der Waals surface area contributed by atoms with Crippen LogP contribution in [0.3, 0.4) is 0 Å². The quantitative estimate of drug-likeness (QED) is 0.854. The molecule has 1 heterocycles. The van der Waals surface area contributed by atoms with Crippen molar-refractivity contribution < 1.29 is 4.79 Å². The summed E-state index contributed by atoms with van der Waals surface area (Å²) in [5.41, 5.74) is 1.21. The molecule has 3 nitrogen and oxygen atoms in total. The van der Waals surface area contributed by atoms with E-state index in [9.17, 15) is 4.79 Å². The van der Waals surface area contributed by atoms with Crippen molar-refractivity contribution in [2.75, 3.05) is 0 Å². The van der Waals surface area contributed by atoms with Gasteiger partial charge in [-0.15, -0.1) is 11.6 Å². The van der Waals surface area contributed by atoms with Gasteiger partial charge in [-0.2, -0.15) is 0 Å². The molecule has 1 unspecified atom stereocenters. The van der Waals surface area contributed by atoms with Crippen LogP contribution in [0.2, 0.25) is 0 Å². The van der Waals surface area contributed by atoms with Crippen molar-refractivity contribution in [3.05, 3.63) is 42.1 Å².